The molecule has 0 spiro atoms. The number of nitrogens with one attached hydrogen (secondary N) is 1. The maximum Gasteiger partial charge on any atom is 0.257 e. The number of methoxy groups -OCH3 is 1. The van der Waals surface area contributed by atoms with Gasteiger partial charge in [0.2, 0.25) is 0 Å². The molecule has 0 aliphatic heterocycles. The van der Waals surface area contributed by atoms with Crippen LogP contribution in [0.5, 0.6) is 5.75 Å². The summed E-state index contributed by atoms with van der Waals surface area (Å²) in [6, 6.07) is 9.46. The number of hydrogen-bond donors (Lipinski definition) is 1. The number of hydrogen-bond acceptors (Lipinski definition) is 3. The van der Waals surface area contributed by atoms with E-state index in [1.165, 1.54) is 4.68 Å². The third kappa shape index (κ3) is 5.32. The molecule has 0 amide bonds. The van der Waals surface area contributed by atoms with Crippen LogP contribution in [-0.4, -0.2) is 23.3 Å². The van der Waals surface area contributed by atoms with Crippen molar-refractivity contribution in [3.63, 3.8) is 0 Å². The fourth-order valence-electron chi connectivity index (χ4n) is 1.92. The third-order valence-electron chi connectivity index (χ3n) is 2.84. The topological polar surface area (TPSA) is 39.1 Å². The highest BCUT2D eigenvalue weighted by molar-refractivity contribution is 5.85. The molecule has 0 saturated carbocycles. The molecule has 1 aromatic carbocycles. The van der Waals surface area contributed by atoms with Crippen LogP contribution in [0.3, 0.4) is 0 Å². The number of nitrogens with zero attached hydrogens (tertiary/aromatic N) is 2. The van der Waals surface area contributed by atoms with Gasteiger partial charge in [0.1, 0.15) is 12.3 Å². The number of benzene rings is 1. The molecule has 0 saturated heterocycles. The molecule has 0 fully saturated rings. The predicted molar refractivity (Wildman–Crippen MR) is 79.0 cm³/mol. The average molecular weight is 318 g/mol. The van der Waals surface area contributed by atoms with Crippen molar-refractivity contribution in [3.05, 3.63) is 47.8 Å². The summed E-state index contributed by atoms with van der Waals surface area (Å²) in [6.07, 6.45) is -0.823. The van der Waals surface area contributed by atoms with Gasteiger partial charge in [0.25, 0.3) is 6.43 Å². The first-order valence-corrected chi connectivity index (χ1v) is 6.32. The molecular formula is C14H18ClF2N3O. The van der Waals surface area contributed by atoms with Crippen molar-refractivity contribution in [2.24, 2.45) is 0 Å². The van der Waals surface area contributed by atoms with E-state index in [9.17, 15) is 8.78 Å². The normalized spacial score (nSPS) is 10.5. The molecule has 2 rings (SSSR count). The Balaban J connectivity index is 0.00000220. The van der Waals surface area contributed by atoms with Gasteiger partial charge in [-0.2, -0.15) is 5.10 Å². The summed E-state index contributed by atoms with van der Waals surface area (Å²) in [5, 5.41) is 7.28. The number of ether oxygens (including phenoxy) is 1. The van der Waals surface area contributed by atoms with E-state index in [2.05, 4.69) is 10.4 Å². The van der Waals surface area contributed by atoms with Crippen LogP contribution in [-0.2, 0) is 19.6 Å². The van der Waals surface area contributed by atoms with E-state index in [4.69, 9.17) is 4.74 Å². The summed E-state index contributed by atoms with van der Waals surface area (Å²) >= 11 is 0. The molecular weight excluding hydrogens is 300 g/mol. The van der Waals surface area contributed by atoms with E-state index >= 15 is 0 Å². The van der Waals surface area contributed by atoms with Crippen molar-refractivity contribution >= 4 is 12.4 Å². The monoisotopic (exact) mass is 317 g/mol. The Bertz CT molecular complexity index is 549. The van der Waals surface area contributed by atoms with Crippen LogP contribution in [0.25, 0.3) is 0 Å². The molecule has 0 radical (unpaired) electrons. The Hall–Kier alpha value is -1.66. The summed E-state index contributed by atoms with van der Waals surface area (Å²) in [5.74, 6) is 0.822. The molecule has 4 nitrogen and oxygen atoms in total. The van der Waals surface area contributed by atoms with Crippen molar-refractivity contribution in [1.29, 1.82) is 0 Å². The van der Waals surface area contributed by atoms with Crippen molar-refractivity contribution in [3.8, 4) is 5.75 Å². The van der Waals surface area contributed by atoms with E-state index in [0.29, 0.717) is 13.1 Å². The van der Waals surface area contributed by atoms with E-state index < -0.39 is 6.43 Å². The van der Waals surface area contributed by atoms with Crippen molar-refractivity contribution < 1.29 is 13.5 Å². The predicted octanol–water partition coefficient (Wildman–Crippen LogP) is 2.87. The van der Waals surface area contributed by atoms with E-state index in [-0.39, 0.29) is 19.0 Å². The van der Waals surface area contributed by atoms with Gasteiger partial charge in [-0.3, -0.25) is 4.68 Å². The average Bonchev–Trinajstić information content (AvgIpc) is 2.86. The minimum atomic E-state index is -2.38. The summed E-state index contributed by atoms with van der Waals surface area (Å²) in [6.45, 7) is 0.784. The van der Waals surface area contributed by atoms with E-state index in [1.807, 2.05) is 24.3 Å². The van der Waals surface area contributed by atoms with Gasteiger partial charge in [-0.15, -0.1) is 12.4 Å². The molecule has 1 aromatic heterocycles. The zero-order chi connectivity index (χ0) is 14.4. The fourth-order valence-corrected chi connectivity index (χ4v) is 1.92. The molecule has 0 atom stereocenters. The van der Waals surface area contributed by atoms with Crippen LogP contribution in [0, 0.1) is 0 Å². The standard InChI is InChI=1S/C14H17F2N3O.ClH/c1-20-13-5-3-2-4-11(13)8-17-9-12-6-7-19(18-12)10-14(15)16;/h2-7,14,17H,8-10H2,1H3;1H. The van der Waals surface area contributed by atoms with E-state index in [1.54, 1.807) is 19.4 Å². The highest BCUT2D eigenvalue weighted by atomic mass is 35.5. The molecule has 0 aliphatic rings. The van der Waals surface area contributed by atoms with Crippen molar-refractivity contribution in [2.45, 2.75) is 26.1 Å². The lowest BCUT2D eigenvalue weighted by molar-refractivity contribution is 0.121. The smallest absolute Gasteiger partial charge is 0.257 e. The van der Waals surface area contributed by atoms with Crippen LogP contribution in [0.15, 0.2) is 36.5 Å². The molecule has 2 aromatic rings. The third-order valence-corrected chi connectivity index (χ3v) is 2.84. The second-order valence-electron chi connectivity index (χ2n) is 4.34. The second kappa shape index (κ2) is 8.59. The second-order valence-corrected chi connectivity index (χ2v) is 4.34. The Kier molecular flexibility index (Phi) is 7.11. The lowest BCUT2D eigenvalue weighted by Crippen LogP contribution is -2.14. The van der Waals surface area contributed by atoms with Gasteiger partial charge in [-0.25, -0.2) is 8.78 Å². The van der Waals surface area contributed by atoms with Gasteiger partial charge < -0.3 is 10.1 Å². The molecule has 1 heterocycles. The Morgan fingerprint density at radius 2 is 2.00 bits per heavy atom. The zero-order valence-corrected chi connectivity index (χ0v) is 12.4. The molecule has 1 N–H and O–H groups in total. The quantitative estimate of drug-likeness (QED) is 0.853. The summed E-state index contributed by atoms with van der Waals surface area (Å²) in [7, 11) is 1.63. The van der Waals surface area contributed by atoms with Crippen molar-refractivity contribution in [1.82, 2.24) is 15.1 Å². The minimum absolute atomic E-state index is 0. The highest BCUT2D eigenvalue weighted by Gasteiger charge is 2.06. The van der Waals surface area contributed by atoms with Gasteiger partial charge in [-0.05, 0) is 12.1 Å². The lowest BCUT2D eigenvalue weighted by Gasteiger charge is -2.08. The van der Waals surface area contributed by atoms with Gasteiger partial charge in [0, 0.05) is 24.8 Å². The maximum atomic E-state index is 12.2. The highest BCUT2D eigenvalue weighted by Crippen LogP contribution is 2.16. The molecule has 116 valence electrons. The van der Waals surface area contributed by atoms with Gasteiger partial charge in [-0.1, -0.05) is 18.2 Å². The summed E-state index contributed by atoms with van der Waals surface area (Å²) in [5.41, 5.74) is 1.78. The van der Waals surface area contributed by atoms with Crippen LogP contribution < -0.4 is 10.1 Å². The largest absolute Gasteiger partial charge is 0.496 e. The number of rotatable bonds is 7. The Morgan fingerprint density at radius 3 is 2.71 bits per heavy atom. The number of alkyl halides is 2. The SMILES string of the molecule is COc1ccccc1CNCc1ccn(CC(F)F)n1.Cl. The van der Waals surface area contributed by atoms with E-state index in [0.717, 1.165) is 17.0 Å². The fraction of sp³-hybridized carbons (Fsp3) is 0.357. The lowest BCUT2D eigenvalue weighted by atomic mass is 10.2. The van der Waals surface area contributed by atoms with Crippen LogP contribution in [0.1, 0.15) is 11.3 Å². The zero-order valence-electron chi connectivity index (χ0n) is 11.6. The first-order valence-electron chi connectivity index (χ1n) is 6.32. The van der Waals surface area contributed by atoms with Crippen LogP contribution in [0.2, 0.25) is 0 Å². The maximum absolute atomic E-state index is 12.2. The number of aromatic nitrogens is 2. The molecule has 0 bridgehead atoms. The van der Waals surface area contributed by atoms with Crippen molar-refractivity contribution in [2.75, 3.05) is 7.11 Å². The number of para-hydroxylation sites is 1. The Morgan fingerprint density at radius 1 is 1.24 bits per heavy atom. The first-order chi connectivity index (χ1) is 9.69. The number of halogens is 3. The first kappa shape index (κ1) is 17.4. The molecule has 0 aliphatic carbocycles. The molecule has 7 heteroatoms. The molecule has 0 unspecified atom stereocenters. The van der Waals surface area contributed by atoms with Gasteiger partial charge in [0.15, 0.2) is 0 Å². The minimum Gasteiger partial charge on any atom is -0.496 e. The Labute approximate surface area is 128 Å². The van der Waals surface area contributed by atoms with Crippen LogP contribution >= 0.6 is 12.4 Å². The van der Waals surface area contributed by atoms with Gasteiger partial charge in [0.05, 0.1) is 12.8 Å². The van der Waals surface area contributed by atoms with Gasteiger partial charge >= 0.3 is 0 Å². The molecule has 21 heavy (non-hydrogen) atoms. The van der Waals surface area contributed by atoms with Crippen LogP contribution in [0.4, 0.5) is 8.78 Å². The summed E-state index contributed by atoms with van der Waals surface area (Å²) in [4.78, 5) is 0. The summed E-state index contributed by atoms with van der Waals surface area (Å²) < 4.78 is 30.9.